The first-order chi connectivity index (χ1) is 14.0. The van der Waals surface area contributed by atoms with Crippen molar-refractivity contribution in [3.8, 4) is 17.3 Å². The molecule has 1 aliphatic rings. The monoisotopic (exact) mass is 396 g/mol. The van der Waals surface area contributed by atoms with Crippen LogP contribution in [0.2, 0.25) is 0 Å². The van der Waals surface area contributed by atoms with Gasteiger partial charge in [-0.25, -0.2) is 4.68 Å². The highest BCUT2D eigenvalue weighted by Crippen LogP contribution is 2.24. The molecule has 0 aliphatic carbocycles. The van der Waals surface area contributed by atoms with E-state index >= 15 is 0 Å². The molecule has 1 aliphatic heterocycles. The van der Waals surface area contributed by atoms with Gasteiger partial charge in [0.2, 0.25) is 0 Å². The predicted octanol–water partition coefficient (Wildman–Crippen LogP) is 2.69. The Hall–Kier alpha value is -3.23. The molecule has 0 N–H and O–H groups in total. The van der Waals surface area contributed by atoms with Crippen LogP contribution in [-0.4, -0.2) is 55.1 Å². The van der Waals surface area contributed by atoms with Crippen molar-refractivity contribution < 1.29 is 14.1 Å². The molecule has 4 rings (SSSR count). The predicted molar refractivity (Wildman–Crippen MR) is 104 cm³/mol. The Morgan fingerprint density at radius 2 is 2.03 bits per heavy atom. The van der Waals surface area contributed by atoms with E-state index in [9.17, 15) is 4.79 Å². The van der Waals surface area contributed by atoms with E-state index < -0.39 is 6.10 Å². The molecular weight excluding hydrogens is 372 g/mol. The molecule has 2 atom stereocenters. The second-order valence-electron chi connectivity index (χ2n) is 7.50. The van der Waals surface area contributed by atoms with Crippen molar-refractivity contribution in [3.05, 3.63) is 42.4 Å². The van der Waals surface area contributed by atoms with Crippen LogP contribution in [0.15, 0.2) is 41.1 Å². The summed E-state index contributed by atoms with van der Waals surface area (Å²) in [7, 11) is 0. The molecule has 3 aromatic rings. The van der Waals surface area contributed by atoms with Crippen LogP contribution in [0.25, 0.3) is 11.6 Å². The number of hydrogen-bond donors (Lipinski definition) is 0. The van der Waals surface area contributed by atoms with Crippen molar-refractivity contribution in [2.75, 3.05) is 13.1 Å². The van der Waals surface area contributed by atoms with E-state index in [-0.39, 0.29) is 17.9 Å². The van der Waals surface area contributed by atoms with Crippen LogP contribution in [0.3, 0.4) is 0 Å². The smallest absolute Gasteiger partial charge is 0.280 e. The van der Waals surface area contributed by atoms with Gasteiger partial charge in [-0.3, -0.25) is 4.79 Å². The summed E-state index contributed by atoms with van der Waals surface area (Å²) in [5.41, 5.74) is 0.537. The first-order valence-corrected chi connectivity index (χ1v) is 9.77. The van der Waals surface area contributed by atoms with E-state index in [0.717, 1.165) is 6.42 Å². The number of carbonyl (C=O) groups is 1. The molecule has 9 nitrogen and oxygen atoms in total. The molecule has 9 heteroatoms. The average molecular weight is 396 g/mol. The number of likely N-dealkylation sites (tertiary alicyclic amines) is 1. The van der Waals surface area contributed by atoms with E-state index in [0.29, 0.717) is 36.2 Å². The highest BCUT2D eigenvalue weighted by molar-refractivity contribution is 5.81. The Morgan fingerprint density at radius 1 is 1.24 bits per heavy atom. The zero-order valence-corrected chi connectivity index (χ0v) is 16.7. The number of nitrogens with zero attached hydrogens (tertiary/aromatic N) is 6. The fourth-order valence-electron chi connectivity index (χ4n) is 3.30. The van der Waals surface area contributed by atoms with Gasteiger partial charge in [-0.15, -0.1) is 5.10 Å². The number of carbonyl (C=O) groups excluding carboxylic acids is 1. The maximum Gasteiger partial charge on any atom is 0.280 e. The largest absolute Gasteiger partial charge is 0.481 e. The van der Waals surface area contributed by atoms with E-state index in [1.807, 2.05) is 49.1 Å². The Bertz CT molecular complexity index is 968. The summed E-state index contributed by atoms with van der Waals surface area (Å²) in [5, 5.41) is 12.3. The van der Waals surface area contributed by atoms with Crippen LogP contribution in [0.5, 0.6) is 5.75 Å². The summed E-state index contributed by atoms with van der Waals surface area (Å²) in [4.78, 5) is 18.9. The standard InChI is InChI=1S/C20H24N6O3/c1-13(2)18-21-19(29-23-18)17-12-26(24-22-17)15-9-10-25(11-15)20(27)14(3)28-16-7-5-4-6-8-16/h4-8,12-15H,9-11H2,1-3H3/t14-,15+/m0/s1. The van der Waals surface area contributed by atoms with Gasteiger partial charge in [0.1, 0.15) is 5.75 Å². The van der Waals surface area contributed by atoms with Crippen molar-refractivity contribution in [2.24, 2.45) is 0 Å². The first-order valence-electron chi connectivity index (χ1n) is 9.77. The molecular formula is C20H24N6O3. The van der Waals surface area contributed by atoms with Gasteiger partial charge >= 0.3 is 0 Å². The number of benzene rings is 1. The summed E-state index contributed by atoms with van der Waals surface area (Å²) in [6.07, 6.45) is 2.05. The molecule has 1 amide bonds. The molecule has 2 aromatic heterocycles. The highest BCUT2D eigenvalue weighted by atomic mass is 16.5. The number of aromatic nitrogens is 5. The molecule has 152 valence electrons. The van der Waals surface area contributed by atoms with Crippen molar-refractivity contribution in [3.63, 3.8) is 0 Å². The van der Waals surface area contributed by atoms with E-state index in [1.165, 1.54) is 0 Å². The zero-order valence-electron chi connectivity index (χ0n) is 16.7. The van der Waals surface area contributed by atoms with Gasteiger partial charge in [0.25, 0.3) is 11.8 Å². The van der Waals surface area contributed by atoms with Gasteiger partial charge in [0, 0.05) is 19.0 Å². The molecule has 0 unspecified atom stereocenters. The second-order valence-corrected chi connectivity index (χ2v) is 7.50. The summed E-state index contributed by atoms with van der Waals surface area (Å²) in [6.45, 7) is 6.98. The highest BCUT2D eigenvalue weighted by Gasteiger charge is 2.31. The number of amides is 1. The van der Waals surface area contributed by atoms with Crippen molar-refractivity contribution in [1.82, 2.24) is 30.0 Å². The molecule has 3 heterocycles. The number of para-hydroxylation sites is 1. The summed E-state index contributed by atoms with van der Waals surface area (Å²) in [6, 6.07) is 9.42. The minimum Gasteiger partial charge on any atom is -0.481 e. The van der Waals surface area contributed by atoms with E-state index in [2.05, 4.69) is 20.5 Å². The number of rotatable bonds is 6. The minimum absolute atomic E-state index is 0.0323. The molecule has 0 saturated carbocycles. The average Bonchev–Trinajstić information content (AvgIpc) is 3.47. The molecule has 0 radical (unpaired) electrons. The number of hydrogen-bond acceptors (Lipinski definition) is 7. The summed E-state index contributed by atoms with van der Waals surface area (Å²) < 4.78 is 12.8. The SMILES string of the molecule is CC(C)c1noc(-c2cn([C@@H]3CCN(C(=O)[C@H](C)Oc4ccccc4)C3)nn2)n1. The van der Waals surface area contributed by atoms with Crippen LogP contribution in [0.1, 0.15) is 45.0 Å². The lowest BCUT2D eigenvalue weighted by molar-refractivity contribution is -0.136. The maximum atomic E-state index is 12.7. The van der Waals surface area contributed by atoms with Crippen LogP contribution in [-0.2, 0) is 4.79 Å². The normalized spacial score (nSPS) is 17.7. The second kappa shape index (κ2) is 8.02. The lowest BCUT2D eigenvalue weighted by Crippen LogP contribution is -2.39. The third-order valence-electron chi connectivity index (χ3n) is 4.94. The van der Waals surface area contributed by atoms with Crippen molar-refractivity contribution >= 4 is 5.91 Å². The quantitative estimate of drug-likeness (QED) is 0.631. The van der Waals surface area contributed by atoms with Crippen LogP contribution in [0.4, 0.5) is 0 Å². The van der Waals surface area contributed by atoms with Gasteiger partial charge in [0.15, 0.2) is 17.6 Å². The van der Waals surface area contributed by atoms with Crippen molar-refractivity contribution in [2.45, 2.75) is 45.3 Å². The molecule has 1 aromatic carbocycles. The molecule has 0 bridgehead atoms. The Balaban J connectivity index is 1.38. The van der Waals surface area contributed by atoms with Crippen molar-refractivity contribution in [1.29, 1.82) is 0 Å². The van der Waals surface area contributed by atoms with Crippen LogP contribution < -0.4 is 4.74 Å². The molecule has 1 fully saturated rings. The summed E-state index contributed by atoms with van der Waals surface area (Å²) in [5.74, 6) is 1.83. The fourth-order valence-corrected chi connectivity index (χ4v) is 3.30. The van der Waals surface area contributed by atoms with Gasteiger partial charge in [0.05, 0.1) is 12.2 Å². The topological polar surface area (TPSA) is 99.2 Å². The van der Waals surface area contributed by atoms with E-state index in [1.54, 1.807) is 17.8 Å². The van der Waals surface area contributed by atoms with Gasteiger partial charge in [-0.2, -0.15) is 4.98 Å². The third kappa shape index (κ3) is 4.13. The van der Waals surface area contributed by atoms with E-state index in [4.69, 9.17) is 9.26 Å². The molecule has 1 saturated heterocycles. The minimum atomic E-state index is -0.546. The zero-order chi connectivity index (χ0) is 20.4. The lowest BCUT2D eigenvalue weighted by atomic mass is 10.2. The Morgan fingerprint density at radius 3 is 2.76 bits per heavy atom. The Labute approximate surface area is 168 Å². The maximum absolute atomic E-state index is 12.7. The number of ether oxygens (including phenoxy) is 1. The van der Waals surface area contributed by atoms with Crippen LogP contribution >= 0.6 is 0 Å². The van der Waals surface area contributed by atoms with Gasteiger partial charge < -0.3 is 14.2 Å². The lowest BCUT2D eigenvalue weighted by Gasteiger charge is -2.21. The Kier molecular flexibility index (Phi) is 5.28. The first kappa shape index (κ1) is 19.1. The molecule has 0 spiro atoms. The fraction of sp³-hybridized carbons (Fsp3) is 0.450. The third-order valence-corrected chi connectivity index (χ3v) is 4.94. The van der Waals surface area contributed by atoms with Gasteiger partial charge in [-0.1, -0.05) is 42.4 Å². The van der Waals surface area contributed by atoms with Crippen LogP contribution in [0, 0.1) is 0 Å². The molecule has 29 heavy (non-hydrogen) atoms. The van der Waals surface area contributed by atoms with Gasteiger partial charge in [-0.05, 0) is 25.5 Å². The summed E-state index contributed by atoms with van der Waals surface area (Å²) >= 11 is 0.